The molecule has 5 nitrogen and oxygen atoms in total. The molecule has 0 aliphatic carbocycles. The fourth-order valence-electron chi connectivity index (χ4n) is 2.80. The van der Waals surface area contributed by atoms with Crippen molar-refractivity contribution in [3.63, 3.8) is 0 Å². The fraction of sp³-hybridized carbons (Fsp3) is 0.235. The Morgan fingerprint density at radius 3 is 2.92 bits per heavy atom. The van der Waals surface area contributed by atoms with Gasteiger partial charge in [0, 0.05) is 23.9 Å². The zero-order valence-electron chi connectivity index (χ0n) is 13.0. The second-order valence-corrected chi connectivity index (χ2v) is 6.90. The minimum absolute atomic E-state index is 0.702. The van der Waals surface area contributed by atoms with Gasteiger partial charge in [-0.1, -0.05) is 29.4 Å². The second kappa shape index (κ2) is 6.45. The number of benzene rings is 1. The molecule has 1 aromatic carbocycles. The number of aliphatic imine (C=N–C) groups is 2. The van der Waals surface area contributed by atoms with Crippen molar-refractivity contribution in [1.29, 1.82) is 0 Å². The summed E-state index contributed by atoms with van der Waals surface area (Å²) in [5, 5.41) is 6.19. The van der Waals surface area contributed by atoms with Crippen LogP contribution in [0, 0.1) is 0 Å². The zero-order valence-corrected chi connectivity index (χ0v) is 14.6. The van der Waals surface area contributed by atoms with Gasteiger partial charge in [-0.25, -0.2) is 9.67 Å². The topological polar surface area (TPSA) is 45.8 Å². The van der Waals surface area contributed by atoms with Crippen molar-refractivity contribution in [3.8, 4) is 5.69 Å². The zero-order chi connectivity index (χ0) is 16.5. The summed E-state index contributed by atoms with van der Waals surface area (Å²) in [5.41, 5.74) is 1.91. The predicted molar refractivity (Wildman–Crippen MR) is 101 cm³/mol. The molecule has 0 fully saturated rings. The van der Waals surface area contributed by atoms with Crippen molar-refractivity contribution in [2.45, 2.75) is 6.42 Å². The third-order valence-corrected chi connectivity index (χ3v) is 5.10. The van der Waals surface area contributed by atoms with Crippen molar-refractivity contribution < 1.29 is 0 Å². The summed E-state index contributed by atoms with van der Waals surface area (Å²) in [6.07, 6.45) is 4.78. The highest BCUT2D eigenvalue weighted by molar-refractivity contribution is 8.14. The number of fused-ring (bicyclic) bond motifs is 3. The van der Waals surface area contributed by atoms with Crippen LogP contribution in [0.25, 0.3) is 5.69 Å². The van der Waals surface area contributed by atoms with Gasteiger partial charge in [-0.15, -0.1) is 6.58 Å². The van der Waals surface area contributed by atoms with Crippen molar-refractivity contribution >= 4 is 40.2 Å². The first-order chi connectivity index (χ1) is 11.8. The molecule has 4 rings (SSSR count). The molecular weight excluding hydrogens is 342 g/mol. The average molecular weight is 358 g/mol. The summed E-state index contributed by atoms with van der Waals surface area (Å²) in [4.78, 5) is 11.8. The molecule has 0 radical (unpaired) electrons. The average Bonchev–Trinajstić information content (AvgIpc) is 3.04. The Bertz CT molecular complexity index is 837. The smallest absolute Gasteiger partial charge is 0.172 e. The van der Waals surface area contributed by atoms with E-state index in [2.05, 4.69) is 16.6 Å². The van der Waals surface area contributed by atoms with E-state index >= 15 is 0 Å². The summed E-state index contributed by atoms with van der Waals surface area (Å²) in [6, 6.07) is 7.60. The molecule has 2 aromatic rings. The van der Waals surface area contributed by atoms with Gasteiger partial charge in [0.05, 0.1) is 17.4 Å². The Balaban J connectivity index is 1.82. The Kier molecular flexibility index (Phi) is 4.16. The SMILES string of the molecule is C=CCSC1=Nc2c(cnn2-c2ccc(Cl)cc2)C2=NCCCN12. The number of halogens is 1. The Hall–Kier alpha value is -2.05. The van der Waals surface area contributed by atoms with E-state index in [4.69, 9.17) is 21.6 Å². The molecular formula is C17H16ClN5S. The molecule has 0 spiro atoms. The van der Waals surface area contributed by atoms with Gasteiger partial charge in [-0.2, -0.15) is 5.10 Å². The van der Waals surface area contributed by atoms with Crippen LogP contribution in [0.3, 0.4) is 0 Å². The molecule has 2 aliphatic heterocycles. The van der Waals surface area contributed by atoms with Crippen LogP contribution in [-0.4, -0.2) is 44.5 Å². The highest BCUT2D eigenvalue weighted by Crippen LogP contribution is 2.33. The Morgan fingerprint density at radius 2 is 2.12 bits per heavy atom. The van der Waals surface area contributed by atoms with Crippen LogP contribution in [0.5, 0.6) is 0 Å². The van der Waals surface area contributed by atoms with E-state index in [9.17, 15) is 0 Å². The van der Waals surface area contributed by atoms with Crippen molar-refractivity contribution in [1.82, 2.24) is 14.7 Å². The van der Waals surface area contributed by atoms with E-state index in [0.29, 0.717) is 5.02 Å². The summed E-state index contributed by atoms with van der Waals surface area (Å²) < 4.78 is 1.84. The van der Waals surface area contributed by atoms with Crippen LogP contribution in [-0.2, 0) is 0 Å². The van der Waals surface area contributed by atoms with Gasteiger partial charge >= 0.3 is 0 Å². The van der Waals surface area contributed by atoms with Crippen LogP contribution < -0.4 is 0 Å². The molecule has 2 aliphatic rings. The predicted octanol–water partition coefficient (Wildman–Crippen LogP) is 3.90. The monoisotopic (exact) mass is 357 g/mol. The number of rotatable bonds is 3. The summed E-state index contributed by atoms with van der Waals surface area (Å²) in [7, 11) is 0. The van der Waals surface area contributed by atoms with Gasteiger partial charge in [-0.3, -0.25) is 4.99 Å². The molecule has 0 saturated carbocycles. The van der Waals surface area contributed by atoms with Gasteiger partial charge in [0.25, 0.3) is 0 Å². The highest BCUT2D eigenvalue weighted by Gasteiger charge is 2.31. The van der Waals surface area contributed by atoms with Gasteiger partial charge in [0.1, 0.15) is 5.84 Å². The van der Waals surface area contributed by atoms with Gasteiger partial charge < -0.3 is 4.90 Å². The molecule has 122 valence electrons. The van der Waals surface area contributed by atoms with E-state index in [-0.39, 0.29) is 0 Å². The van der Waals surface area contributed by atoms with Crippen LogP contribution in [0.15, 0.2) is 53.1 Å². The minimum Gasteiger partial charge on any atom is -0.305 e. The van der Waals surface area contributed by atoms with Crippen LogP contribution >= 0.6 is 23.4 Å². The van der Waals surface area contributed by atoms with Crippen LogP contribution in [0.4, 0.5) is 5.82 Å². The second-order valence-electron chi connectivity index (χ2n) is 5.47. The molecule has 0 saturated heterocycles. The third kappa shape index (κ3) is 2.65. The van der Waals surface area contributed by atoms with Gasteiger partial charge in [0.2, 0.25) is 0 Å². The summed E-state index contributed by atoms with van der Waals surface area (Å²) in [6.45, 7) is 5.58. The van der Waals surface area contributed by atoms with E-state index < -0.39 is 0 Å². The van der Waals surface area contributed by atoms with E-state index in [1.807, 2.05) is 41.2 Å². The number of thioether (sulfide) groups is 1. The minimum atomic E-state index is 0.702. The molecule has 0 unspecified atom stereocenters. The number of hydrogen-bond acceptors (Lipinski definition) is 5. The lowest BCUT2D eigenvalue weighted by Crippen LogP contribution is -2.41. The maximum absolute atomic E-state index is 5.99. The third-order valence-electron chi connectivity index (χ3n) is 3.88. The lowest BCUT2D eigenvalue weighted by Gasteiger charge is -2.32. The lowest BCUT2D eigenvalue weighted by atomic mass is 10.2. The quantitative estimate of drug-likeness (QED) is 0.783. The Labute approximate surface area is 149 Å². The summed E-state index contributed by atoms with van der Waals surface area (Å²) >= 11 is 7.66. The fourth-order valence-corrected chi connectivity index (χ4v) is 3.67. The standard InChI is InChI=1S/C17H16ClN5S/c1-2-10-24-17-21-16-14(15-19-8-3-9-22(15)17)11-20-23(16)13-6-4-12(18)5-7-13/h2,4-7,11H,1,3,8-10H2. The first-order valence-corrected chi connectivity index (χ1v) is 9.13. The van der Waals surface area contributed by atoms with Crippen LogP contribution in [0.1, 0.15) is 12.0 Å². The van der Waals surface area contributed by atoms with Crippen molar-refractivity contribution in [2.24, 2.45) is 9.98 Å². The van der Waals surface area contributed by atoms with E-state index in [0.717, 1.165) is 53.3 Å². The molecule has 3 heterocycles. The molecule has 0 bridgehead atoms. The van der Waals surface area contributed by atoms with E-state index in [1.54, 1.807) is 11.8 Å². The highest BCUT2D eigenvalue weighted by atomic mass is 35.5. The molecule has 7 heteroatoms. The molecule has 0 amide bonds. The maximum Gasteiger partial charge on any atom is 0.172 e. The van der Waals surface area contributed by atoms with Gasteiger partial charge in [-0.05, 0) is 30.7 Å². The number of nitrogens with zero attached hydrogens (tertiary/aromatic N) is 5. The molecule has 0 atom stereocenters. The number of aromatic nitrogens is 2. The van der Waals surface area contributed by atoms with Crippen molar-refractivity contribution in [2.75, 3.05) is 18.8 Å². The number of hydrogen-bond donors (Lipinski definition) is 0. The summed E-state index contributed by atoms with van der Waals surface area (Å²) in [5.74, 6) is 2.60. The first-order valence-electron chi connectivity index (χ1n) is 7.76. The van der Waals surface area contributed by atoms with Crippen molar-refractivity contribution in [3.05, 3.63) is 53.7 Å². The maximum atomic E-state index is 5.99. The largest absolute Gasteiger partial charge is 0.305 e. The lowest BCUT2D eigenvalue weighted by molar-refractivity contribution is 0.554. The molecule has 24 heavy (non-hydrogen) atoms. The van der Waals surface area contributed by atoms with E-state index in [1.165, 1.54) is 0 Å². The normalized spacial score (nSPS) is 16.1. The van der Waals surface area contributed by atoms with Crippen LogP contribution in [0.2, 0.25) is 5.02 Å². The molecule has 1 aromatic heterocycles. The Morgan fingerprint density at radius 1 is 1.29 bits per heavy atom. The first kappa shape index (κ1) is 15.5. The molecule has 0 N–H and O–H groups in total. The van der Waals surface area contributed by atoms with Gasteiger partial charge in [0.15, 0.2) is 11.0 Å². The number of amidine groups is 2.